The molecule has 3 heterocycles. The molecule has 2 aliphatic heterocycles. The standard InChI is InChI=1S/C21H28N4O/c1-17(26)23-13-8-19(9-14-23)20-21-22-10-15-24(21)11-5-12-25(20)16-18-6-3-2-4-7-18/h2-4,6-7,10,15,19-20H,5,8-9,11-14,16H2,1H3/t20-/m0/s1. The van der Waals surface area contributed by atoms with Gasteiger partial charge in [-0.25, -0.2) is 4.98 Å². The Morgan fingerprint density at radius 1 is 1.12 bits per heavy atom. The summed E-state index contributed by atoms with van der Waals surface area (Å²) in [6.45, 7) is 6.53. The first-order valence-corrected chi connectivity index (χ1v) is 9.77. The highest BCUT2D eigenvalue weighted by Crippen LogP contribution is 2.37. The van der Waals surface area contributed by atoms with E-state index >= 15 is 0 Å². The third-order valence-electron chi connectivity index (χ3n) is 5.91. The Bertz CT molecular complexity index is 733. The monoisotopic (exact) mass is 352 g/mol. The van der Waals surface area contributed by atoms with Crippen molar-refractivity contribution in [3.8, 4) is 0 Å². The Kier molecular flexibility index (Phi) is 5.07. The van der Waals surface area contributed by atoms with Crippen LogP contribution >= 0.6 is 0 Å². The molecule has 0 saturated carbocycles. The number of piperidine rings is 1. The molecule has 5 nitrogen and oxygen atoms in total. The van der Waals surface area contributed by atoms with Crippen LogP contribution in [0, 0.1) is 5.92 Å². The summed E-state index contributed by atoms with van der Waals surface area (Å²) in [6.07, 6.45) is 7.34. The molecule has 1 saturated heterocycles. The maximum absolute atomic E-state index is 11.7. The number of carbonyl (C=O) groups is 1. The zero-order chi connectivity index (χ0) is 17.9. The Labute approximate surface area is 155 Å². The predicted octanol–water partition coefficient (Wildman–Crippen LogP) is 3.09. The molecular weight excluding hydrogens is 324 g/mol. The number of nitrogens with zero attached hydrogens (tertiary/aromatic N) is 4. The van der Waals surface area contributed by atoms with Gasteiger partial charge in [-0.05, 0) is 30.7 Å². The third kappa shape index (κ3) is 3.54. The lowest BCUT2D eigenvalue weighted by molar-refractivity contribution is -0.130. The summed E-state index contributed by atoms with van der Waals surface area (Å²) < 4.78 is 2.34. The molecule has 5 heteroatoms. The number of amides is 1. The fourth-order valence-corrected chi connectivity index (χ4v) is 4.56. The molecule has 2 aliphatic rings. The molecule has 0 spiro atoms. The van der Waals surface area contributed by atoms with Gasteiger partial charge in [-0.3, -0.25) is 9.69 Å². The van der Waals surface area contributed by atoms with Gasteiger partial charge in [-0.1, -0.05) is 30.3 Å². The van der Waals surface area contributed by atoms with Gasteiger partial charge in [0.15, 0.2) is 0 Å². The van der Waals surface area contributed by atoms with Gasteiger partial charge in [-0.15, -0.1) is 0 Å². The second kappa shape index (κ2) is 7.62. The van der Waals surface area contributed by atoms with Crippen molar-refractivity contribution in [2.45, 2.75) is 45.3 Å². The molecule has 0 radical (unpaired) electrons. The quantitative estimate of drug-likeness (QED) is 0.852. The zero-order valence-corrected chi connectivity index (χ0v) is 15.6. The van der Waals surface area contributed by atoms with E-state index in [0.717, 1.165) is 52.0 Å². The molecule has 1 fully saturated rings. The highest BCUT2D eigenvalue weighted by atomic mass is 16.2. The van der Waals surface area contributed by atoms with E-state index in [1.54, 1.807) is 6.92 Å². The summed E-state index contributed by atoms with van der Waals surface area (Å²) in [5.74, 6) is 1.96. The average molecular weight is 352 g/mol. The van der Waals surface area contributed by atoms with Gasteiger partial charge in [0.1, 0.15) is 5.82 Å². The molecule has 138 valence electrons. The van der Waals surface area contributed by atoms with Crippen LogP contribution < -0.4 is 0 Å². The van der Waals surface area contributed by atoms with Crippen LogP contribution in [-0.4, -0.2) is 44.9 Å². The minimum absolute atomic E-state index is 0.201. The van der Waals surface area contributed by atoms with Crippen molar-refractivity contribution in [2.75, 3.05) is 19.6 Å². The largest absolute Gasteiger partial charge is 0.343 e. The molecule has 0 N–H and O–H groups in total. The third-order valence-corrected chi connectivity index (χ3v) is 5.91. The molecule has 0 bridgehead atoms. The van der Waals surface area contributed by atoms with Crippen molar-refractivity contribution >= 4 is 5.91 Å². The highest BCUT2D eigenvalue weighted by molar-refractivity contribution is 5.73. The molecule has 1 aromatic carbocycles. The van der Waals surface area contributed by atoms with Crippen molar-refractivity contribution in [1.82, 2.24) is 19.4 Å². The maximum Gasteiger partial charge on any atom is 0.219 e. The van der Waals surface area contributed by atoms with E-state index < -0.39 is 0 Å². The summed E-state index contributed by atoms with van der Waals surface area (Å²) >= 11 is 0. The first kappa shape index (κ1) is 17.3. The summed E-state index contributed by atoms with van der Waals surface area (Å²) in [7, 11) is 0. The van der Waals surface area contributed by atoms with Crippen molar-refractivity contribution in [2.24, 2.45) is 5.92 Å². The maximum atomic E-state index is 11.7. The second-order valence-electron chi connectivity index (χ2n) is 7.58. The molecule has 1 atom stereocenters. The van der Waals surface area contributed by atoms with E-state index in [1.165, 1.54) is 11.4 Å². The number of benzene rings is 1. The van der Waals surface area contributed by atoms with Gasteiger partial charge < -0.3 is 9.47 Å². The number of carbonyl (C=O) groups excluding carboxylic acids is 1. The summed E-state index contributed by atoms with van der Waals surface area (Å²) in [4.78, 5) is 21.1. The first-order chi connectivity index (χ1) is 12.7. The van der Waals surface area contributed by atoms with Crippen LogP contribution in [0.15, 0.2) is 42.7 Å². The van der Waals surface area contributed by atoms with Crippen molar-refractivity contribution in [1.29, 1.82) is 0 Å². The van der Waals surface area contributed by atoms with Crippen molar-refractivity contribution < 1.29 is 4.79 Å². The SMILES string of the molecule is CC(=O)N1CCC([C@H]2c3nccn3CCCN2Cc2ccccc2)CC1. The van der Waals surface area contributed by atoms with Crippen molar-refractivity contribution in [3.63, 3.8) is 0 Å². The number of likely N-dealkylation sites (tertiary alicyclic amines) is 1. The van der Waals surface area contributed by atoms with Gasteiger partial charge in [0.25, 0.3) is 0 Å². The average Bonchev–Trinajstić information content (AvgIpc) is 3.04. The van der Waals surface area contributed by atoms with Gasteiger partial charge in [0.2, 0.25) is 5.91 Å². The lowest BCUT2D eigenvalue weighted by Gasteiger charge is -2.40. The number of aromatic nitrogens is 2. The van der Waals surface area contributed by atoms with Gasteiger partial charge >= 0.3 is 0 Å². The fraction of sp³-hybridized carbons (Fsp3) is 0.524. The summed E-state index contributed by atoms with van der Waals surface area (Å²) in [5, 5.41) is 0. The number of rotatable bonds is 3. The molecular formula is C21H28N4O. The van der Waals surface area contributed by atoms with Crippen LogP contribution in [0.5, 0.6) is 0 Å². The number of fused-ring (bicyclic) bond motifs is 1. The Morgan fingerprint density at radius 2 is 1.88 bits per heavy atom. The minimum atomic E-state index is 0.201. The van der Waals surface area contributed by atoms with E-state index in [4.69, 9.17) is 4.98 Å². The molecule has 0 unspecified atom stereocenters. The van der Waals surface area contributed by atoms with Gasteiger partial charge in [-0.2, -0.15) is 0 Å². The van der Waals surface area contributed by atoms with E-state index in [2.05, 4.69) is 46.0 Å². The van der Waals surface area contributed by atoms with Crippen LogP contribution in [0.1, 0.15) is 43.6 Å². The fourth-order valence-electron chi connectivity index (χ4n) is 4.56. The number of hydrogen-bond donors (Lipinski definition) is 0. The van der Waals surface area contributed by atoms with Crippen molar-refractivity contribution in [3.05, 3.63) is 54.1 Å². The van der Waals surface area contributed by atoms with Crippen LogP contribution in [0.25, 0.3) is 0 Å². The minimum Gasteiger partial charge on any atom is -0.343 e. The van der Waals surface area contributed by atoms with Gasteiger partial charge in [0.05, 0.1) is 6.04 Å². The Balaban J connectivity index is 1.59. The van der Waals surface area contributed by atoms with E-state index in [0.29, 0.717) is 12.0 Å². The Morgan fingerprint density at radius 3 is 2.62 bits per heavy atom. The van der Waals surface area contributed by atoms with Crippen LogP contribution in [-0.2, 0) is 17.9 Å². The molecule has 4 rings (SSSR count). The molecule has 26 heavy (non-hydrogen) atoms. The van der Waals surface area contributed by atoms with Gasteiger partial charge in [0, 0.05) is 52.0 Å². The number of imidazole rings is 1. The summed E-state index contributed by atoms with van der Waals surface area (Å²) in [5.41, 5.74) is 1.36. The van der Waals surface area contributed by atoms with E-state index in [9.17, 15) is 4.79 Å². The normalized spacial score (nSPS) is 22.0. The number of hydrogen-bond acceptors (Lipinski definition) is 3. The predicted molar refractivity (Wildman–Crippen MR) is 101 cm³/mol. The lowest BCUT2D eigenvalue weighted by Crippen LogP contribution is -2.42. The van der Waals surface area contributed by atoms with Crippen LogP contribution in [0.3, 0.4) is 0 Å². The Hall–Kier alpha value is -2.14. The molecule has 2 aromatic rings. The molecule has 1 amide bonds. The zero-order valence-electron chi connectivity index (χ0n) is 15.6. The van der Waals surface area contributed by atoms with E-state index in [1.807, 2.05) is 11.1 Å². The smallest absolute Gasteiger partial charge is 0.219 e. The number of aryl methyl sites for hydroxylation is 1. The molecule has 1 aromatic heterocycles. The lowest BCUT2D eigenvalue weighted by atomic mass is 9.87. The summed E-state index contributed by atoms with van der Waals surface area (Å²) in [6, 6.07) is 11.1. The second-order valence-corrected chi connectivity index (χ2v) is 7.58. The molecule has 0 aliphatic carbocycles. The van der Waals surface area contributed by atoms with Crippen LogP contribution in [0.2, 0.25) is 0 Å². The first-order valence-electron chi connectivity index (χ1n) is 9.77. The van der Waals surface area contributed by atoms with E-state index in [-0.39, 0.29) is 5.91 Å². The highest BCUT2D eigenvalue weighted by Gasteiger charge is 2.36. The van der Waals surface area contributed by atoms with Crippen LogP contribution in [0.4, 0.5) is 0 Å². The topological polar surface area (TPSA) is 41.4 Å².